The average molecular weight is 594 g/mol. The summed E-state index contributed by atoms with van der Waals surface area (Å²) in [5.41, 5.74) is 7.01. The van der Waals surface area contributed by atoms with Crippen molar-refractivity contribution < 1.29 is 27.4 Å². The Kier molecular flexibility index (Phi) is 7.17. The van der Waals surface area contributed by atoms with Gasteiger partial charge in [0, 0.05) is 39.5 Å². The smallest absolute Gasteiger partial charge is 0.335 e. The van der Waals surface area contributed by atoms with Gasteiger partial charge in [0.1, 0.15) is 7.05 Å². The van der Waals surface area contributed by atoms with Crippen LogP contribution in [0.2, 0.25) is 0 Å². The number of carboxylic acid groups (broad SMARTS) is 1. The molecule has 0 amide bonds. The summed E-state index contributed by atoms with van der Waals surface area (Å²) in [7, 11) is -2.30. The van der Waals surface area contributed by atoms with Crippen LogP contribution in [0.5, 0.6) is 0 Å². The minimum absolute atomic E-state index is 0.125. The van der Waals surface area contributed by atoms with Crippen molar-refractivity contribution in [1.82, 2.24) is 0 Å². The van der Waals surface area contributed by atoms with E-state index < -0.39 is 21.5 Å². The van der Waals surface area contributed by atoms with Crippen molar-refractivity contribution in [2.24, 2.45) is 0 Å². The number of hydrogen-bond acceptors (Lipinski definition) is 4. The van der Waals surface area contributed by atoms with E-state index in [2.05, 4.69) is 35.9 Å². The first-order chi connectivity index (χ1) is 19.1. The van der Waals surface area contributed by atoms with Crippen LogP contribution in [0.3, 0.4) is 0 Å². The fourth-order valence-corrected chi connectivity index (χ4v) is 6.87. The second-order valence-electron chi connectivity index (χ2n) is 11.8. The van der Waals surface area contributed by atoms with Gasteiger partial charge in [0.05, 0.1) is 15.9 Å². The van der Waals surface area contributed by atoms with Gasteiger partial charge in [-0.3, -0.25) is 4.55 Å². The van der Waals surface area contributed by atoms with E-state index in [1.54, 1.807) is 18.2 Å². The number of anilines is 1. The largest absolute Gasteiger partial charge is 0.478 e. The molecule has 2 aromatic rings. The molecule has 2 heterocycles. The molecule has 214 valence electrons. The molecule has 7 nitrogen and oxygen atoms in total. The van der Waals surface area contributed by atoms with E-state index in [9.17, 15) is 22.9 Å². The van der Waals surface area contributed by atoms with E-state index in [0.717, 1.165) is 69.4 Å². The molecule has 0 radical (unpaired) electrons. The third-order valence-electron chi connectivity index (χ3n) is 8.53. The number of fused-ring (bicyclic) bond motifs is 2. The molecule has 0 spiro atoms. The minimum atomic E-state index is -4.30. The number of nitrogens with zero attached hydrogens (tertiary/aromatic N) is 1. The van der Waals surface area contributed by atoms with Crippen LogP contribution >= 0.6 is 11.6 Å². The zero-order valence-electron chi connectivity index (χ0n) is 23.7. The number of rotatable bonds is 5. The number of carbonyl (C=O) groups is 1. The Labute approximate surface area is 246 Å². The lowest BCUT2D eigenvalue weighted by molar-refractivity contribution is -0.401. The molecule has 41 heavy (non-hydrogen) atoms. The summed E-state index contributed by atoms with van der Waals surface area (Å²) in [6.45, 7) is 8.21. The Morgan fingerprint density at radius 2 is 1.73 bits per heavy atom. The minimum Gasteiger partial charge on any atom is -0.478 e. The van der Waals surface area contributed by atoms with E-state index in [1.165, 1.54) is 12.1 Å². The lowest BCUT2D eigenvalue weighted by Crippen LogP contribution is -2.26. The topological polar surface area (TPSA) is 107 Å². The van der Waals surface area contributed by atoms with Gasteiger partial charge in [0.15, 0.2) is 5.71 Å². The maximum absolute atomic E-state index is 11.7. The second-order valence-corrected chi connectivity index (χ2v) is 13.6. The van der Waals surface area contributed by atoms with E-state index in [-0.39, 0.29) is 15.9 Å². The molecule has 0 aromatic heterocycles. The van der Waals surface area contributed by atoms with Crippen molar-refractivity contribution in [1.29, 1.82) is 0 Å². The fraction of sp³-hybridized carbons (Fsp3) is 0.312. The summed E-state index contributed by atoms with van der Waals surface area (Å²) in [6.07, 6.45) is 10.8. The third kappa shape index (κ3) is 5.09. The van der Waals surface area contributed by atoms with Gasteiger partial charge in [-0.15, -0.1) is 0 Å². The van der Waals surface area contributed by atoms with Gasteiger partial charge in [-0.1, -0.05) is 37.6 Å². The van der Waals surface area contributed by atoms with E-state index in [4.69, 9.17) is 11.6 Å². The molecule has 2 aromatic carbocycles. The summed E-state index contributed by atoms with van der Waals surface area (Å²) in [5.74, 6) is -0.938. The van der Waals surface area contributed by atoms with Crippen molar-refractivity contribution in [2.75, 3.05) is 12.4 Å². The second kappa shape index (κ2) is 10.1. The first-order valence-electron chi connectivity index (χ1n) is 13.5. The molecule has 9 heteroatoms. The van der Waals surface area contributed by atoms with E-state index in [1.807, 2.05) is 39.1 Å². The number of benzene rings is 2. The summed E-state index contributed by atoms with van der Waals surface area (Å²) < 4.78 is 34.9. The number of hydrogen-bond donors (Lipinski definition) is 3. The van der Waals surface area contributed by atoms with Crippen molar-refractivity contribution >= 4 is 44.8 Å². The van der Waals surface area contributed by atoms with Crippen LogP contribution < -0.4 is 5.32 Å². The molecular weight excluding hydrogens is 560 g/mol. The Bertz CT molecular complexity index is 1760. The molecule has 0 saturated carbocycles. The third-order valence-corrected chi connectivity index (χ3v) is 9.87. The molecule has 0 unspecified atom stereocenters. The first-order valence-corrected chi connectivity index (χ1v) is 15.3. The van der Waals surface area contributed by atoms with Gasteiger partial charge in [-0.25, -0.2) is 4.79 Å². The average Bonchev–Trinajstić information content (AvgIpc) is 3.27. The quantitative estimate of drug-likeness (QED) is 0.252. The number of carboxylic acids is 1. The highest BCUT2D eigenvalue weighted by Gasteiger charge is 2.43. The monoisotopic (exact) mass is 593 g/mol. The van der Waals surface area contributed by atoms with Crippen molar-refractivity contribution in [3.05, 3.63) is 99.3 Å². The predicted octanol–water partition coefficient (Wildman–Crippen LogP) is 7.08. The molecule has 2 aliphatic heterocycles. The van der Waals surface area contributed by atoms with Crippen LogP contribution in [-0.4, -0.2) is 41.4 Å². The van der Waals surface area contributed by atoms with Crippen LogP contribution in [0.4, 0.5) is 11.4 Å². The Balaban J connectivity index is 1.43. The molecule has 0 bridgehead atoms. The summed E-state index contributed by atoms with van der Waals surface area (Å²) in [4.78, 5) is 11.4. The standard InChI is InChI=1S/C32H33ClN2O5S/c1-31(2)23-18-22(41(38,39)40)12-13-25(23)34-27(31)15-10-19-7-6-8-20(29(19)33)11-16-28-32(3,4)24-17-21(30(36)37)9-14-26(24)35(28)5/h9-18H,6-8H2,1-5H3,(H2,36,37,38,39,40)/p+1. The first kappa shape index (κ1) is 29.0. The van der Waals surface area contributed by atoms with Crippen molar-refractivity contribution in [3.63, 3.8) is 0 Å². The summed E-state index contributed by atoms with van der Waals surface area (Å²) in [6, 6.07) is 9.84. The Morgan fingerprint density at radius 3 is 2.41 bits per heavy atom. The number of aromatic carboxylic acids is 1. The van der Waals surface area contributed by atoms with Crippen molar-refractivity contribution in [2.45, 2.75) is 62.7 Å². The Morgan fingerprint density at radius 1 is 1.00 bits per heavy atom. The Hall–Kier alpha value is -3.46. The molecule has 0 fully saturated rings. The van der Waals surface area contributed by atoms with Gasteiger partial charge >= 0.3 is 5.97 Å². The maximum Gasteiger partial charge on any atom is 0.335 e. The van der Waals surface area contributed by atoms with Crippen LogP contribution in [-0.2, 0) is 20.9 Å². The summed E-state index contributed by atoms with van der Waals surface area (Å²) in [5, 5.41) is 13.6. The fourth-order valence-electron chi connectivity index (χ4n) is 6.05. The van der Waals surface area contributed by atoms with Gasteiger partial charge in [-0.2, -0.15) is 13.0 Å². The van der Waals surface area contributed by atoms with Gasteiger partial charge in [0.2, 0.25) is 5.69 Å². The number of halogens is 1. The zero-order valence-corrected chi connectivity index (χ0v) is 25.3. The molecule has 0 atom stereocenters. The van der Waals surface area contributed by atoms with Crippen LogP contribution in [0.15, 0.2) is 87.5 Å². The highest BCUT2D eigenvalue weighted by molar-refractivity contribution is 7.85. The van der Waals surface area contributed by atoms with Gasteiger partial charge in [0.25, 0.3) is 10.1 Å². The van der Waals surface area contributed by atoms with E-state index in [0.29, 0.717) is 0 Å². The number of nitrogens with one attached hydrogen (secondary N) is 1. The lowest BCUT2D eigenvalue weighted by atomic mass is 9.80. The molecule has 3 N–H and O–H groups in total. The highest BCUT2D eigenvalue weighted by Crippen LogP contribution is 2.45. The normalized spacial score (nSPS) is 21.5. The number of allylic oxidation sites excluding steroid dienone is 8. The zero-order chi connectivity index (χ0) is 29.9. The predicted molar refractivity (Wildman–Crippen MR) is 162 cm³/mol. The molecular formula is C32H34ClN2O5S+. The molecule has 1 aliphatic carbocycles. The SMILES string of the molecule is C[N+]1=C(/C=C/C2=C(Cl)C(=C/C=C3/Nc4ccc(S(=O)(=O)O)cc4C3(C)C)/CCC2)C(C)(C)c2cc(C(=O)O)ccc21. The van der Waals surface area contributed by atoms with Crippen LogP contribution in [0.25, 0.3) is 0 Å². The summed E-state index contributed by atoms with van der Waals surface area (Å²) >= 11 is 6.93. The van der Waals surface area contributed by atoms with Crippen molar-refractivity contribution in [3.8, 4) is 0 Å². The van der Waals surface area contributed by atoms with Crippen LogP contribution in [0, 0.1) is 0 Å². The maximum atomic E-state index is 11.7. The molecule has 3 aliphatic rings. The van der Waals surface area contributed by atoms with Crippen LogP contribution in [0.1, 0.15) is 68.4 Å². The van der Waals surface area contributed by atoms with Gasteiger partial charge < -0.3 is 10.4 Å². The lowest BCUT2D eigenvalue weighted by Gasteiger charge is -2.21. The molecule has 5 rings (SSSR count). The molecule has 0 saturated heterocycles. The van der Waals surface area contributed by atoms with E-state index >= 15 is 0 Å². The van der Waals surface area contributed by atoms with Gasteiger partial charge in [-0.05, 0) is 86.2 Å². The highest BCUT2D eigenvalue weighted by atomic mass is 35.5.